The van der Waals surface area contributed by atoms with Crippen LogP contribution in [0.1, 0.15) is 24.8 Å². The third kappa shape index (κ3) is 3.24. The Morgan fingerprint density at radius 2 is 2.30 bits per heavy atom. The average Bonchev–Trinajstić information content (AvgIpc) is 2.47. The molecule has 0 radical (unpaired) electrons. The molecule has 0 spiro atoms. The van der Waals surface area contributed by atoms with Crippen molar-refractivity contribution in [1.82, 2.24) is 4.90 Å². The second-order valence-corrected chi connectivity index (χ2v) is 5.06. The first-order valence-corrected chi connectivity index (χ1v) is 6.74. The molecule has 1 aromatic carbocycles. The predicted molar refractivity (Wildman–Crippen MR) is 76.0 cm³/mol. The number of benzene rings is 1. The Hall–Kier alpha value is -1.70. The Balaban J connectivity index is 2.16. The molecule has 1 atom stereocenters. The summed E-state index contributed by atoms with van der Waals surface area (Å²) in [6.07, 6.45) is 3.19. The van der Waals surface area contributed by atoms with Gasteiger partial charge < -0.3 is 10.5 Å². The van der Waals surface area contributed by atoms with Gasteiger partial charge in [-0.2, -0.15) is 0 Å². The zero-order valence-corrected chi connectivity index (χ0v) is 11.3. The Morgan fingerprint density at radius 3 is 2.95 bits per heavy atom. The Kier molecular flexibility index (Phi) is 4.89. The highest BCUT2D eigenvalue weighted by molar-refractivity contribution is 5.61. The molecule has 4 N–H and O–H groups in total. The van der Waals surface area contributed by atoms with Crippen LogP contribution in [0.15, 0.2) is 18.2 Å². The summed E-state index contributed by atoms with van der Waals surface area (Å²) in [5.41, 5.74) is 3.47. The van der Waals surface area contributed by atoms with E-state index in [9.17, 15) is 15.2 Å². The summed E-state index contributed by atoms with van der Waals surface area (Å²) in [5.74, 6) is 5.27. The molecule has 0 aliphatic carbocycles. The number of aliphatic hydroxyl groups excluding tert-OH is 1. The number of nitro benzene ring substituents is 1. The fourth-order valence-corrected chi connectivity index (χ4v) is 2.66. The number of nitrogen functional groups attached to an aromatic ring is 1. The number of likely N-dealkylation sites (tertiary alicyclic amines) is 1. The summed E-state index contributed by atoms with van der Waals surface area (Å²) in [7, 11) is 0. The minimum atomic E-state index is -0.446. The Morgan fingerprint density at radius 1 is 1.50 bits per heavy atom. The zero-order valence-electron chi connectivity index (χ0n) is 11.3. The molecule has 110 valence electrons. The number of hydrazine groups is 1. The molecule has 1 unspecified atom stereocenters. The van der Waals surface area contributed by atoms with Crippen LogP contribution in [-0.2, 0) is 6.54 Å². The number of nitrogens with one attached hydrogen (secondary N) is 1. The highest BCUT2D eigenvalue weighted by Crippen LogP contribution is 2.26. The number of aliphatic hydroxyl groups is 1. The lowest BCUT2D eigenvalue weighted by molar-refractivity contribution is -0.384. The molecule has 7 nitrogen and oxygen atoms in total. The number of rotatable bonds is 5. The van der Waals surface area contributed by atoms with Crippen molar-refractivity contribution in [3.8, 4) is 0 Å². The number of hydrogen-bond donors (Lipinski definition) is 3. The quantitative estimate of drug-likeness (QED) is 0.425. The van der Waals surface area contributed by atoms with Gasteiger partial charge in [0.05, 0.1) is 11.5 Å². The van der Waals surface area contributed by atoms with Gasteiger partial charge >= 0.3 is 0 Å². The molecule has 1 aliphatic rings. The maximum atomic E-state index is 11.0. The lowest BCUT2D eigenvalue weighted by atomic mass is 10.0. The SMILES string of the molecule is NNc1ccc(CN2CCCCC2CO)cc1[N+](=O)[O-]. The first kappa shape index (κ1) is 14.7. The van der Waals surface area contributed by atoms with E-state index < -0.39 is 4.92 Å². The molecule has 7 heteroatoms. The summed E-state index contributed by atoms with van der Waals surface area (Å²) in [6.45, 7) is 1.65. The van der Waals surface area contributed by atoms with E-state index in [0.29, 0.717) is 12.2 Å². The van der Waals surface area contributed by atoms with Crippen LogP contribution in [0.4, 0.5) is 11.4 Å². The van der Waals surface area contributed by atoms with Crippen LogP contribution in [0.3, 0.4) is 0 Å². The van der Waals surface area contributed by atoms with Crippen molar-refractivity contribution in [2.24, 2.45) is 5.84 Å². The third-order valence-electron chi connectivity index (χ3n) is 3.76. The van der Waals surface area contributed by atoms with E-state index in [1.807, 2.05) is 6.07 Å². The summed E-state index contributed by atoms with van der Waals surface area (Å²) in [6, 6.07) is 5.13. The second kappa shape index (κ2) is 6.65. The van der Waals surface area contributed by atoms with E-state index in [4.69, 9.17) is 5.84 Å². The van der Waals surface area contributed by atoms with Gasteiger partial charge in [-0.3, -0.25) is 20.9 Å². The van der Waals surface area contributed by atoms with Gasteiger partial charge in [0.25, 0.3) is 5.69 Å². The van der Waals surface area contributed by atoms with Crippen LogP contribution in [-0.4, -0.2) is 34.1 Å². The van der Waals surface area contributed by atoms with Crippen LogP contribution < -0.4 is 11.3 Å². The van der Waals surface area contributed by atoms with Crippen molar-refractivity contribution in [3.63, 3.8) is 0 Å². The molecule has 1 aromatic rings. The van der Waals surface area contributed by atoms with Crippen LogP contribution in [0, 0.1) is 10.1 Å². The fourth-order valence-electron chi connectivity index (χ4n) is 2.66. The van der Waals surface area contributed by atoms with Crippen molar-refractivity contribution in [1.29, 1.82) is 0 Å². The topological polar surface area (TPSA) is 105 Å². The van der Waals surface area contributed by atoms with Gasteiger partial charge in [-0.25, -0.2) is 0 Å². The normalized spacial score (nSPS) is 19.8. The molecular formula is C13H20N4O3. The molecule has 2 rings (SSSR count). The van der Waals surface area contributed by atoms with Gasteiger partial charge in [0.15, 0.2) is 0 Å². The van der Waals surface area contributed by atoms with Crippen LogP contribution in [0.5, 0.6) is 0 Å². The van der Waals surface area contributed by atoms with E-state index in [1.54, 1.807) is 6.07 Å². The average molecular weight is 280 g/mol. The minimum absolute atomic E-state index is 0.0254. The second-order valence-electron chi connectivity index (χ2n) is 5.06. The van der Waals surface area contributed by atoms with Crippen molar-refractivity contribution < 1.29 is 10.0 Å². The monoisotopic (exact) mass is 280 g/mol. The summed E-state index contributed by atoms with van der Waals surface area (Å²) >= 11 is 0. The minimum Gasteiger partial charge on any atom is -0.395 e. The molecular weight excluding hydrogens is 260 g/mol. The first-order valence-electron chi connectivity index (χ1n) is 6.74. The van der Waals surface area contributed by atoms with Gasteiger partial charge in [-0.05, 0) is 31.0 Å². The van der Waals surface area contributed by atoms with E-state index in [2.05, 4.69) is 10.3 Å². The van der Waals surface area contributed by atoms with Crippen molar-refractivity contribution >= 4 is 11.4 Å². The Labute approximate surface area is 117 Å². The fraction of sp³-hybridized carbons (Fsp3) is 0.538. The van der Waals surface area contributed by atoms with Gasteiger partial charge in [0, 0.05) is 18.7 Å². The van der Waals surface area contributed by atoms with Crippen molar-refractivity contribution in [3.05, 3.63) is 33.9 Å². The summed E-state index contributed by atoms with van der Waals surface area (Å²) in [4.78, 5) is 12.7. The summed E-state index contributed by atoms with van der Waals surface area (Å²) in [5, 5.41) is 20.4. The number of nitrogens with two attached hydrogens (primary N) is 1. The molecule has 0 amide bonds. The highest BCUT2D eigenvalue weighted by atomic mass is 16.6. The number of hydrogen-bond acceptors (Lipinski definition) is 6. The molecule has 1 heterocycles. The number of nitrogens with zero attached hydrogens (tertiary/aromatic N) is 2. The molecule has 0 saturated carbocycles. The molecule has 0 aromatic heterocycles. The van der Waals surface area contributed by atoms with E-state index >= 15 is 0 Å². The van der Waals surface area contributed by atoms with Gasteiger partial charge in [0.1, 0.15) is 5.69 Å². The molecule has 1 fully saturated rings. The third-order valence-corrected chi connectivity index (χ3v) is 3.76. The van der Waals surface area contributed by atoms with Crippen LogP contribution in [0.2, 0.25) is 0 Å². The van der Waals surface area contributed by atoms with E-state index in [-0.39, 0.29) is 18.3 Å². The largest absolute Gasteiger partial charge is 0.395 e. The van der Waals surface area contributed by atoms with Crippen LogP contribution >= 0.6 is 0 Å². The standard InChI is InChI=1S/C13H20N4O3/c14-15-12-5-4-10(7-13(12)17(19)20)8-16-6-2-1-3-11(16)9-18/h4-5,7,11,15,18H,1-3,6,8-9,14H2. The zero-order chi connectivity index (χ0) is 14.5. The van der Waals surface area contributed by atoms with E-state index in [0.717, 1.165) is 31.4 Å². The molecule has 20 heavy (non-hydrogen) atoms. The molecule has 1 aliphatic heterocycles. The number of piperidine rings is 1. The maximum Gasteiger partial charge on any atom is 0.293 e. The van der Waals surface area contributed by atoms with Crippen LogP contribution in [0.25, 0.3) is 0 Å². The van der Waals surface area contributed by atoms with Gasteiger partial charge in [-0.15, -0.1) is 0 Å². The Bertz CT molecular complexity index is 481. The van der Waals surface area contributed by atoms with Crippen molar-refractivity contribution in [2.45, 2.75) is 31.8 Å². The van der Waals surface area contributed by atoms with Gasteiger partial charge in [0.2, 0.25) is 0 Å². The highest BCUT2D eigenvalue weighted by Gasteiger charge is 2.22. The lowest BCUT2D eigenvalue weighted by Gasteiger charge is -2.34. The predicted octanol–water partition coefficient (Wildman–Crippen LogP) is 1.23. The number of anilines is 1. The molecule has 0 bridgehead atoms. The maximum absolute atomic E-state index is 11.0. The van der Waals surface area contributed by atoms with Crippen molar-refractivity contribution in [2.75, 3.05) is 18.6 Å². The smallest absolute Gasteiger partial charge is 0.293 e. The lowest BCUT2D eigenvalue weighted by Crippen LogP contribution is -2.41. The summed E-state index contributed by atoms with van der Waals surface area (Å²) < 4.78 is 0. The first-order chi connectivity index (χ1) is 9.65. The van der Waals surface area contributed by atoms with E-state index in [1.165, 1.54) is 6.07 Å². The van der Waals surface area contributed by atoms with Gasteiger partial charge in [-0.1, -0.05) is 12.5 Å². The molecule has 1 saturated heterocycles. The number of nitro groups is 1.